The molecule has 0 unspecified atom stereocenters. The monoisotopic (exact) mass is 417 g/mol. The fraction of sp³-hybridized carbons (Fsp3) is 0.450. The normalized spacial score (nSPS) is 17.4. The Bertz CT molecular complexity index is 1040. The minimum absolute atomic E-state index is 0.0539. The van der Waals surface area contributed by atoms with E-state index in [0.717, 1.165) is 35.2 Å². The van der Waals surface area contributed by atoms with Crippen molar-refractivity contribution in [1.29, 1.82) is 0 Å². The van der Waals surface area contributed by atoms with Crippen LogP contribution in [-0.4, -0.2) is 21.6 Å². The number of hydrogen-bond acceptors (Lipinski definition) is 6. The second-order valence-electron chi connectivity index (χ2n) is 7.29. The fourth-order valence-corrected chi connectivity index (χ4v) is 5.65. The summed E-state index contributed by atoms with van der Waals surface area (Å²) in [4.78, 5) is 34.6. The van der Waals surface area contributed by atoms with E-state index in [1.54, 1.807) is 23.7 Å². The van der Waals surface area contributed by atoms with Gasteiger partial charge in [0.15, 0.2) is 0 Å². The van der Waals surface area contributed by atoms with E-state index >= 15 is 0 Å². The molecule has 0 radical (unpaired) electrons. The minimum Gasteiger partial charge on any atom is -0.467 e. The average molecular weight is 418 g/mol. The standard InChI is InChI=1S/C20H23N3O3S2/c1-11-5-6-14-15(8-11)28-20-17(14)19(25)22-18(23-20)12(2)27-10-16(24)21-9-13-4-3-7-26-13/h3-4,7,11-12H,5-6,8-10H2,1-2H3,(H,21,24)(H,22,23,25)/t11-,12+/m1/s1. The number of H-pyrrole nitrogens is 1. The molecule has 2 atom stereocenters. The molecule has 1 amide bonds. The predicted octanol–water partition coefficient (Wildman–Crippen LogP) is 3.81. The Hall–Kier alpha value is -2.06. The minimum atomic E-state index is -0.0792. The van der Waals surface area contributed by atoms with Gasteiger partial charge in [-0.25, -0.2) is 4.98 Å². The van der Waals surface area contributed by atoms with Crippen LogP contribution in [0, 0.1) is 5.92 Å². The molecular weight excluding hydrogens is 394 g/mol. The smallest absolute Gasteiger partial charge is 0.259 e. The Morgan fingerprint density at radius 1 is 1.54 bits per heavy atom. The molecule has 3 aromatic rings. The Balaban J connectivity index is 1.43. The highest BCUT2D eigenvalue weighted by atomic mass is 32.2. The van der Waals surface area contributed by atoms with Gasteiger partial charge in [0.1, 0.15) is 16.4 Å². The first-order valence-corrected chi connectivity index (χ1v) is 11.3. The Kier molecular flexibility index (Phi) is 5.59. The molecule has 0 bridgehead atoms. The highest BCUT2D eigenvalue weighted by molar-refractivity contribution is 8.00. The van der Waals surface area contributed by atoms with E-state index in [1.165, 1.54) is 22.2 Å². The first-order valence-electron chi connectivity index (χ1n) is 9.46. The second-order valence-corrected chi connectivity index (χ2v) is 9.71. The molecule has 0 aromatic carbocycles. The van der Waals surface area contributed by atoms with Gasteiger partial charge in [-0.3, -0.25) is 9.59 Å². The third-order valence-corrected chi connectivity index (χ3v) is 7.37. The number of carbonyl (C=O) groups is 1. The second kappa shape index (κ2) is 8.13. The van der Waals surface area contributed by atoms with Gasteiger partial charge < -0.3 is 14.7 Å². The molecule has 148 valence electrons. The van der Waals surface area contributed by atoms with Gasteiger partial charge in [-0.1, -0.05) is 6.92 Å². The van der Waals surface area contributed by atoms with Crippen molar-refractivity contribution in [3.05, 3.63) is 50.8 Å². The van der Waals surface area contributed by atoms with E-state index in [2.05, 4.69) is 17.2 Å². The van der Waals surface area contributed by atoms with Crippen LogP contribution < -0.4 is 10.9 Å². The summed E-state index contributed by atoms with van der Waals surface area (Å²) in [7, 11) is 0. The first kappa shape index (κ1) is 19.3. The van der Waals surface area contributed by atoms with Crippen LogP contribution in [0.4, 0.5) is 0 Å². The van der Waals surface area contributed by atoms with Gasteiger partial charge >= 0.3 is 0 Å². The molecular formula is C20H23N3O3S2. The number of thiophene rings is 1. The molecule has 0 saturated heterocycles. The van der Waals surface area contributed by atoms with Crippen molar-refractivity contribution in [1.82, 2.24) is 15.3 Å². The van der Waals surface area contributed by atoms with Crippen molar-refractivity contribution in [2.75, 3.05) is 5.75 Å². The van der Waals surface area contributed by atoms with Gasteiger partial charge in [0.2, 0.25) is 5.91 Å². The number of fused-ring (bicyclic) bond motifs is 3. The molecule has 3 heterocycles. The fourth-order valence-electron chi connectivity index (χ4n) is 3.49. The Morgan fingerprint density at radius 2 is 2.39 bits per heavy atom. The van der Waals surface area contributed by atoms with Gasteiger partial charge in [0.05, 0.1) is 29.2 Å². The van der Waals surface area contributed by atoms with E-state index in [0.29, 0.717) is 24.0 Å². The summed E-state index contributed by atoms with van der Waals surface area (Å²) >= 11 is 3.11. The lowest BCUT2D eigenvalue weighted by molar-refractivity contribution is -0.118. The predicted molar refractivity (Wildman–Crippen MR) is 113 cm³/mol. The van der Waals surface area contributed by atoms with E-state index in [-0.39, 0.29) is 16.7 Å². The number of furan rings is 1. The van der Waals surface area contributed by atoms with Crippen molar-refractivity contribution in [3.63, 3.8) is 0 Å². The summed E-state index contributed by atoms with van der Waals surface area (Å²) in [6.45, 7) is 4.59. The van der Waals surface area contributed by atoms with Crippen molar-refractivity contribution >= 4 is 39.2 Å². The van der Waals surface area contributed by atoms with E-state index < -0.39 is 0 Å². The zero-order valence-electron chi connectivity index (χ0n) is 15.9. The number of carbonyl (C=O) groups excluding carboxylic acids is 1. The largest absolute Gasteiger partial charge is 0.467 e. The van der Waals surface area contributed by atoms with Gasteiger partial charge in [0, 0.05) is 4.88 Å². The molecule has 0 spiro atoms. The van der Waals surface area contributed by atoms with E-state index in [9.17, 15) is 9.59 Å². The number of aromatic amines is 1. The SMILES string of the molecule is C[C@@H]1CCc2c(sc3nc([C@H](C)SCC(=O)NCc4ccco4)[nH]c(=O)c23)C1. The van der Waals surface area contributed by atoms with E-state index in [4.69, 9.17) is 9.40 Å². The van der Waals surface area contributed by atoms with Gasteiger partial charge in [0.25, 0.3) is 5.56 Å². The van der Waals surface area contributed by atoms with E-state index in [1.807, 2.05) is 13.0 Å². The third-order valence-electron chi connectivity index (χ3n) is 5.07. The number of thioether (sulfide) groups is 1. The first-order chi connectivity index (χ1) is 13.5. The van der Waals surface area contributed by atoms with Crippen molar-refractivity contribution in [3.8, 4) is 0 Å². The Morgan fingerprint density at radius 3 is 3.18 bits per heavy atom. The summed E-state index contributed by atoms with van der Waals surface area (Å²) in [5.41, 5.74) is 1.14. The summed E-state index contributed by atoms with van der Waals surface area (Å²) < 4.78 is 5.20. The number of amides is 1. The van der Waals surface area contributed by atoms with Crippen LogP contribution in [-0.2, 0) is 24.2 Å². The highest BCUT2D eigenvalue weighted by Gasteiger charge is 2.24. The molecule has 1 aliphatic carbocycles. The maximum absolute atomic E-state index is 12.7. The van der Waals surface area contributed by atoms with Crippen molar-refractivity contribution in [2.24, 2.45) is 5.92 Å². The molecule has 3 aromatic heterocycles. The molecule has 0 aliphatic heterocycles. The maximum Gasteiger partial charge on any atom is 0.259 e. The molecule has 6 nitrogen and oxygen atoms in total. The maximum atomic E-state index is 12.7. The quantitative estimate of drug-likeness (QED) is 0.637. The Labute approximate surface area is 171 Å². The van der Waals surface area contributed by atoms with Crippen molar-refractivity contribution in [2.45, 2.75) is 44.9 Å². The third kappa shape index (κ3) is 4.03. The lowest BCUT2D eigenvalue weighted by atomic mass is 9.89. The average Bonchev–Trinajstić information content (AvgIpc) is 3.31. The van der Waals surface area contributed by atoms with Crippen LogP contribution in [0.1, 0.15) is 47.5 Å². The number of nitrogens with one attached hydrogen (secondary N) is 2. The number of nitrogens with zero attached hydrogens (tertiary/aromatic N) is 1. The molecule has 1 aliphatic rings. The van der Waals surface area contributed by atoms with Crippen molar-refractivity contribution < 1.29 is 9.21 Å². The number of hydrogen-bond donors (Lipinski definition) is 2. The van der Waals surface area contributed by atoms with Gasteiger partial charge in [-0.15, -0.1) is 23.1 Å². The van der Waals surface area contributed by atoms with Crippen LogP contribution in [0.2, 0.25) is 0 Å². The summed E-state index contributed by atoms with van der Waals surface area (Å²) in [6.07, 6.45) is 4.70. The van der Waals surface area contributed by atoms with Crippen LogP contribution in [0.15, 0.2) is 27.6 Å². The van der Waals surface area contributed by atoms with Crippen LogP contribution in [0.25, 0.3) is 10.2 Å². The molecule has 4 rings (SSSR count). The topological polar surface area (TPSA) is 88.0 Å². The lowest BCUT2D eigenvalue weighted by Crippen LogP contribution is -2.24. The molecule has 8 heteroatoms. The number of rotatable bonds is 6. The van der Waals surface area contributed by atoms with Gasteiger partial charge in [-0.2, -0.15) is 0 Å². The van der Waals surface area contributed by atoms with Crippen LogP contribution in [0.3, 0.4) is 0 Å². The summed E-state index contributed by atoms with van der Waals surface area (Å²) in [6, 6.07) is 3.61. The number of aryl methyl sites for hydroxylation is 1. The summed E-state index contributed by atoms with van der Waals surface area (Å²) in [5, 5.41) is 3.51. The number of aromatic nitrogens is 2. The zero-order valence-corrected chi connectivity index (χ0v) is 17.5. The van der Waals surface area contributed by atoms with Gasteiger partial charge in [-0.05, 0) is 49.8 Å². The molecule has 2 N–H and O–H groups in total. The zero-order chi connectivity index (χ0) is 19.7. The van der Waals surface area contributed by atoms with Crippen LogP contribution >= 0.6 is 23.1 Å². The highest BCUT2D eigenvalue weighted by Crippen LogP contribution is 2.36. The lowest BCUT2D eigenvalue weighted by Gasteiger charge is -2.17. The van der Waals surface area contributed by atoms with Crippen LogP contribution in [0.5, 0.6) is 0 Å². The molecule has 28 heavy (non-hydrogen) atoms. The molecule has 0 saturated carbocycles. The summed E-state index contributed by atoms with van der Waals surface area (Å²) in [5.74, 6) is 2.24. The molecule has 0 fully saturated rings.